The van der Waals surface area contributed by atoms with Gasteiger partial charge >= 0.3 is 0 Å². The van der Waals surface area contributed by atoms with Crippen molar-refractivity contribution in [3.8, 4) is 11.5 Å². The molecular formula is C16H16BrClFNO2. The van der Waals surface area contributed by atoms with Crippen molar-refractivity contribution in [3.63, 3.8) is 0 Å². The van der Waals surface area contributed by atoms with Crippen molar-refractivity contribution in [2.24, 2.45) is 0 Å². The number of methoxy groups -OCH3 is 1. The Morgan fingerprint density at radius 3 is 2.68 bits per heavy atom. The van der Waals surface area contributed by atoms with E-state index in [9.17, 15) is 4.39 Å². The molecule has 118 valence electrons. The lowest BCUT2D eigenvalue weighted by Crippen LogP contribution is -2.07. The third-order valence-corrected chi connectivity index (χ3v) is 4.23. The molecule has 0 aliphatic heterocycles. The van der Waals surface area contributed by atoms with E-state index >= 15 is 0 Å². The summed E-state index contributed by atoms with van der Waals surface area (Å²) in [6, 6.07) is 8.23. The molecule has 0 saturated heterocycles. The summed E-state index contributed by atoms with van der Waals surface area (Å²) in [6.45, 7) is 0.718. The minimum Gasteiger partial charge on any atom is -0.493 e. The van der Waals surface area contributed by atoms with Gasteiger partial charge < -0.3 is 14.8 Å². The molecule has 0 fully saturated rings. The zero-order valence-electron chi connectivity index (χ0n) is 12.3. The summed E-state index contributed by atoms with van der Waals surface area (Å²) in [5.74, 6) is 0.715. The number of hydrogen-bond acceptors (Lipinski definition) is 3. The van der Waals surface area contributed by atoms with Gasteiger partial charge in [0.1, 0.15) is 12.4 Å². The van der Waals surface area contributed by atoms with Gasteiger partial charge in [-0.3, -0.25) is 0 Å². The van der Waals surface area contributed by atoms with Crippen LogP contribution in [-0.2, 0) is 13.2 Å². The molecule has 0 aromatic heterocycles. The van der Waals surface area contributed by atoms with Crippen molar-refractivity contribution in [1.82, 2.24) is 5.32 Å². The maximum Gasteiger partial charge on any atom is 0.162 e. The third kappa shape index (κ3) is 3.91. The van der Waals surface area contributed by atoms with E-state index in [0.29, 0.717) is 28.6 Å². The van der Waals surface area contributed by atoms with Crippen molar-refractivity contribution in [3.05, 3.63) is 56.8 Å². The molecule has 0 bridgehead atoms. The minimum atomic E-state index is -0.391. The Labute approximate surface area is 142 Å². The summed E-state index contributed by atoms with van der Waals surface area (Å²) in [6.07, 6.45) is 0. The predicted molar refractivity (Wildman–Crippen MR) is 89.2 cm³/mol. The van der Waals surface area contributed by atoms with Crippen LogP contribution in [0.5, 0.6) is 11.5 Å². The Hall–Kier alpha value is -1.30. The van der Waals surface area contributed by atoms with Crippen molar-refractivity contribution in [1.29, 1.82) is 0 Å². The Bertz CT molecular complexity index is 647. The Morgan fingerprint density at radius 2 is 2.05 bits per heavy atom. The SMILES string of the molecule is CNCc1cc(OC)c(OCc2c(F)cccc2Cl)cc1Br. The average Bonchev–Trinajstić information content (AvgIpc) is 2.49. The maximum absolute atomic E-state index is 13.8. The molecule has 0 aliphatic rings. The Balaban J connectivity index is 2.24. The zero-order valence-corrected chi connectivity index (χ0v) is 14.6. The van der Waals surface area contributed by atoms with E-state index in [4.69, 9.17) is 21.1 Å². The van der Waals surface area contributed by atoms with E-state index in [1.54, 1.807) is 25.3 Å². The molecule has 0 unspecified atom stereocenters. The summed E-state index contributed by atoms with van der Waals surface area (Å²) in [5, 5.41) is 3.41. The Morgan fingerprint density at radius 1 is 1.27 bits per heavy atom. The van der Waals surface area contributed by atoms with Gasteiger partial charge in [-0.25, -0.2) is 4.39 Å². The number of benzene rings is 2. The quantitative estimate of drug-likeness (QED) is 0.787. The number of ether oxygens (including phenoxy) is 2. The fourth-order valence-electron chi connectivity index (χ4n) is 2.00. The van der Waals surface area contributed by atoms with Crippen LogP contribution in [0.15, 0.2) is 34.8 Å². The number of rotatable bonds is 6. The molecular weight excluding hydrogens is 373 g/mol. The number of nitrogens with one attached hydrogen (secondary N) is 1. The summed E-state index contributed by atoms with van der Waals surface area (Å²) in [5.41, 5.74) is 1.36. The van der Waals surface area contributed by atoms with Gasteiger partial charge in [0.15, 0.2) is 11.5 Å². The third-order valence-electron chi connectivity index (χ3n) is 3.13. The lowest BCUT2D eigenvalue weighted by atomic mass is 10.2. The van der Waals surface area contributed by atoms with E-state index in [1.807, 2.05) is 13.1 Å². The number of halogens is 3. The summed E-state index contributed by atoms with van der Waals surface area (Å²) in [7, 11) is 3.43. The van der Waals surface area contributed by atoms with E-state index < -0.39 is 5.82 Å². The first-order chi connectivity index (χ1) is 10.6. The molecule has 2 rings (SSSR count). The highest BCUT2D eigenvalue weighted by Crippen LogP contribution is 2.34. The van der Waals surface area contributed by atoms with Gasteiger partial charge in [0, 0.05) is 16.6 Å². The van der Waals surface area contributed by atoms with Crippen molar-refractivity contribution < 1.29 is 13.9 Å². The van der Waals surface area contributed by atoms with Gasteiger partial charge in [-0.1, -0.05) is 33.6 Å². The summed E-state index contributed by atoms with van der Waals surface area (Å²) < 4.78 is 25.7. The van der Waals surface area contributed by atoms with E-state index in [2.05, 4.69) is 21.2 Å². The first-order valence-corrected chi connectivity index (χ1v) is 7.80. The maximum atomic E-state index is 13.8. The van der Waals surface area contributed by atoms with Crippen molar-refractivity contribution in [2.45, 2.75) is 13.2 Å². The monoisotopic (exact) mass is 387 g/mol. The largest absolute Gasteiger partial charge is 0.493 e. The topological polar surface area (TPSA) is 30.5 Å². The molecule has 0 saturated carbocycles. The fraction of sp³-hybridized carbons (Fsp3) is 0.250. The summed E-state index contributed by atoms with van der Waals surface area (Å²) in [4.78, 5) is 0. The highest BCUT2D eigenvalue weighted by Gasteiger charge is 2.13. The van der Waals surface area contributed by atoms with Crippen LogP contribution in [0.2, 0.25) is 5.02 Å². The Kier molecular flexibility index (Phi) is 6.06. The first kappa shape index (κ1) is 17.1. The van der Waals surface area contributed by atoms with Crippen LogP contribution in [-0.4, -0.2) is 14.2 Å². The van der Waals surface area contributed by atoms with Gasteiger partial charge in [0.25, 0.3) is 0 Å². The van der Waals surface area contributed by atoms with Crippen LogP contribution < -0.4 is 14.8 Å². The van der Waals surface area contributed by atoms with Gasteiger partial charge in [-0.15, -0.1) is 0 Å². The van der Waals surface area contributed by atoms with Crippen molar-refractivity contribution in [2.75, 3.05) is 14.2 Å². The normalized spacial score (nSPS) is 10.6. The molecule has 22 heavy (non-hydrogen) atoms. The molecule has 0 spiro atoms. The van der Waals surface area contributed by atoms with Crippen LogP contribution >= 0.6 is 27.5 Å². The second kappa shape index (κ2) is 7.81. The molecule has 2 aromatic carbocycles. The van der Waals surface area contributed by atoms with E-state index in [0.717, 1.165) is 10.0 Å². The molecule has 0 radical (unpaired) electrons. The van der Waals surface area contributed by atoms with Crippen LogP contribution in [0.4, 0.5) is 4.39 Å². The highest BCUT2D eigenvalue weighted by molar-refractivity contribution is 9.10. The predicted octanol–water partition coefficient (Wildman–Crippen LogP) is 4.55. The van der Waals surface area contributed by atoms with Crippen LogP contribution in [0.3, 0.4) is 0 Å². The zero-order chi connectivity index (χ0) is 16.1. The smallest absolute Gasteiger partial charge is 0.162 e. The second-order valence-electron chi connectivity index (χ2n) is 4.61. The molecule has 6 heteroatoms. The summed E-state index contributed by atoms with van der Waals surface area (Å²) >= 11 is 9.49. The van der Waals surface area contributed by atoms with Gasteiger partial charge in [-0.05, 0) is 36.9 Å². The van der Waals surface area contributed by atoms with Gasteiger partial charge in [-0.2, -0.15) is 0 Å². The molecule has 0 amide bonds. The van der Waals surface area contributed by atoms with Crippen LogP contribution in [0.25, 0.3) is 0 Å². The molecule has 0 heterocycles. The molecule has 2 aromatic rings. The fourth-order valence-corrected chi connectivity index (χ4v) is 2.68. The lowest BCUT2D eigenvalue weighted by Gasteiger charge is -2.14. The standard InChI is InChI=1S/C16H16BrClFNO2/c1-20-8-10-6-15(21-2)16(7-12(10)17)22-9-11-13(18)4-3-5-14(11)19/h3-7,20H,8-9H2,1-2H3. The molecule has 3 nitrogen and oxygen atoms in total. The van der Waals surface area contributed by atoms with Gasteiger partial charge in [0.2, 0.25) is 0 Å². The minimum absolute atomic E-state index is 0.0275. The van der Waals surface area contributed by atoms with E-state index in [1.165, 1.54) is 6.07 Å². The molecule has 1 N–H and O–H groups in total. The van der Waals surface area contributed by atoms with Crippen LogP contribution in [0, 0.1) is 5.82 Å². The lowest BCUT2D eigenvalue weighted by molar-refractivity contribution is 0.279. The first-order valence-electron chi connectivity index (χ1n) is 6.63. The molecule has 0 aliphatic carbocycles. The highest BCUT2D eigenvalue weighted by atomic mass is 79.9. The number of hydrogen-bond donors (Lipinski definition) is 1. The molecule has 0 atom stereocenters. The van der Waals surface area contributed by atoms with Crippen molar-refractivity contribution >= 4 is 27.5 Å². The second-order valence-corrected chi connectivity index (χ2v) is 5.88. The van der Waals surface area contributed by atoms with Crippen LogP contribution in [0.1, 0.15) is 11.1 Å². The van der Waals surface area contributed by atoms with Gasteiger partial charge in [0.05, 0.1) is 12.1 Å². The van der Waals surface area contributed by atoms with E-state index in [-0.39, 0.29) is 6.61 Å². The average molecular weight is 389 g/mol.